The van der Waals surface area contributed by atoms with Crippen molar-refractivity contribution in [3.05, 3.63) is 153 Å². The number of furan rings is 1. The van der Waals surface area contributed by atoms with Crippen LogP contribution in [-0.4, -0.2) is 44.1 Å². The number of nitrogens with zero attached hydrogens (tertiary/aromatic N) is 3. The number of amides is 1. The van der Waals surface area contributed by atoms with E-state index in [0.29, 0.717) is 16.3 Å². The fraction of sp³-hybridized carbons (Fsp3) is 0.118. The molecule has 0 fully saturated rings. The van der Waals surface area contributed by atoms with E-state index >= 15 is 0 Å². The molecule has 14 heteroatoms. The number of sulfonamides is 2. The molecule has 1 heterocycles. The second kappa shape index (κ2) is 15.9. The maximum absolute atomic E-state index is 13.6. The van der Waals surface area contributed by atoms with Gasteiger partial charge in [0.1, 0.15) is 11.5 Å². The van der Waals surface area contributed by atoms with Crippen LogP contribution in [0.15, 0.2) is 145 Å². The molecule has 0 aliphatic rings. The van der Waals surface area contributed by atoms with E-state index in [1.165, 1.54) is 46.9 Å². The molecule has 0 spiro atoms. The summed E-state index contributed by atoms with van der Waals surface area (Å²) in [5, 5.41) is 4.36. The Kier molecular flexibility index (Phi) is 11.6. The summed E-state index contributed by atoms with van der Waals surface area (Å²) in [6.07, 6.45) is 1.25. The summed E-state index contributed by atoms with van der Waals surface area (Å²) < 4.78 is 63.1. The van der Waals surface area contributed by atoms with E-state index in [1.807, 2.05) is 36.4 Å². The van der Waals surface area contributed by atoms with E-state index in [2.05, 4.69) is 26.5 Å². The van der Waals surface area contributed by atoms with Gasteiger partial charge < -0.3 is 4.42 Å². The fourth-order valence-electron chi connectivity index (χ4n) is 4.62. The zero-order valence-electron chi connectivity index (χ0n) is 25.3. The predicted molar refractivity (Wildman–Crippen MR) is 187 cm³/mol. The van der Waals surface area contributed by atoms with Crippen LogP contribution < -0.4 is 5.43 Å². The third-order valence-corrected chi connectivity index (χ3v) is 11.4. The summed E-state index contributed by atoms with van der Waals surface area (Å²) in [6, 6.07) is 33.4. The van der Waals surface area contributed by atoms with Crippen molar-refractivity contribution in [2.75, 3.05) is 6.54 Å². The van der Waals surface area contributed by atoms with Crippen LogP contribution in [-0.2, 0) is 44.5 Å². The van der Waals surface area contributed by atoms with E-state index in [0.717, 1.165) is 14.3 Å². The maximum Gasteiger partial charge on any atom is 0.255 e. The number of nitrogens with one attached hydrogen (secondary N) is 1. The number of rotatable bonds is 14. The van der Waals surface area contributed by atoms with E-state index in [4.69, 9.17) is 16.0 Å². The van der Waals surface area contributed by atoms with Crippen LogP contribution in [0.3, 0.4) is 0 Å². The van der Waals surface area contributed by atoms with Crippen LogP contribution in [0, 0.1) is 0 Å². The summed E-state index contributed by atoms with van der Waals surface area (Å²) in [6.45, 7) is -0.515. The third kappa shape index (κ3) is 9.28. The Labute approximate surface area is 292 Å². The van der Waals surface area contributed by atoms with Crippen LogP contribution in [0.1, 0.15) is 22.6 Å². The van der Waals surface area contributed by atoms with Gasteiger partial charge in [0.05, 0.1) is 29.1 Å². The van der Waals surface area contributed by atoms with Crippen molar-refractivity contribution in [2.45, 2.75) is 29.4 Å². The second-order valence-corrected chi connectivity index (χ2v) is 15.8. The Morgan fingerprint density at radius 2 is 1.23 bits per heavy atom. The molecule has 0 unspecified atom stereocenters. The highest BCUT2D eigenvalue weighted by Gasteiger charge is 2.28. The standard InChI is InChI=1S/C34H30BrClN4O6S2/c35-28-11-17-32(18-12-28)48(44,45)40(23-27-9-5-2-6-10-27)25-34(41)38-37-21-30-15-16-31(46-30)24-39(22-26-7-3-1-4-8-26)47(42,43)33-19-13-29(36)14-20-33/h1-21H,22-25H2,(H,38,41)/b37-21-. The number of carbonyl (C=O) groups excluding carboxylic acids is 1. The molecule has 48 heavy (non-hydrogen) atoms. The third-order valence-electron chi connectivity index (χ3n) is 7.02. The lowest BCUT2D eigenvalue weighted by atomic mass is 10.2. The summed E-state index contributed by atoms with van der Waals surface area (Å²) in [4.78, 5) is 13.0. The Balaban J connectivity index is 1.28. The number of halogens is 2. The molecule has 0 radical (unpaired) electrons. The Hall–Kier alpha value is -4.11. The first-order valence-electron chi connectivity index (χ1n) is 14.5. The molecular formula is C34H30BrClN4O6S2. The van der Waals surface area contributed by atoms with Gasteiger partial charge in [-0.3, -0.25) is 4.79 Å². The first kappa shape index (κ1) is 35.2. The van der Waals surface area contributed by atoms with Gasteiger partial charge in [0.25, 0.3) is 5.91 Å². The number of hydrogen-bond donors (Lipinski definition) is 1. The molecule has 5 rings (SSSR count). The summed E-state index contributed by atoms with van der Waals surface area (Å²) >= 11 is 9.29. The zero-order chi connectivity index (χ0) is 34.1. The van der Waals surface area contributed by atoms with Crippen LogP contribution in [0.2, 0.25) is 5.02 Å². The molecule has 1 amide bonds. The highest BCUT2D eigenvalue weighted by molar-refractivity contribution is 9.10. The van der Waals surface area contributed by atoms with Crippen molar-refractivity contribution in [1.82, 2.24) is 14.0 Å². The number of carbonyl (C=O) groups is 1. The molecule has 0 aliphatic carbocycles. The second-order valence-electron chi connectivity index (χ2n) is 10.5. The van der Waals surface area contributed by atoms with Crippen LogP contribution >= 0.6 is 27.5 Å². The number of benzene rings is 4. The SMILES string of the molecule is O=C(CN(Cc1ccccc1)S(=O)(=O)c1ccc(Br)cc1)N/N=C\c1ccc(CN(Cc2ccccc2)S(=O)(=O)c2ccc(Cl)cc2)o1. The normalized spacial score (nSPS) is 12.2. The molecule has 0 aliphatic heterocycles. The van der Waals surface area contributed by atoms with Crippen molar-refractivity contribution in [2.24, 2.45) is 5.10 Å². The minimum Gasteiger partial charge on any atom is -0.459 e. The van der Waals surface area contributed by atoms with Gasteiger partial charge in [-0.1, -0.05) is 88.2 Å². The summed E-state index contributed by atoms with van der Waals surface area (Å²) in [5.41, 5.74) is 3.85. The average molecular weight is 770 g/mol. The van der Waals surface area contributed by atoms with E-state index in [9.17, 15) is 21.6 Å². The van der Waals surface area contributed by atoms with Gasteiger partial charge in [-0.25, -0.2) is 22.3 Å². The molecule has 4 aromatic carbocycles. The van der Waals surface area contributed by atoms with Gasteiger partial charge in [-0.15, -0.1) is 0 Å². The van der Waals surface area contributed by atoms with Crippen LogP contribution in [0.25, 0.3) is 0 Å². The molecule has 1 aromatic heterocycles. The van der Waals surface area contributed by atoms with Crippen molar-refractivity contribution >= 4 is 59.7 Å². The highest BCUT2D eigenvalue weighted by atomic mass is 79.9. The molecule has 248 valence electrons. The first-order valence-corrected chi connectivity index (χ1v) is 18.6. The summed E-state index contributed by atoms with van der Waals surface area (Å²) in [5.74, 6) is -0.0823. The molecule has 1 N–H and O–H groups in total. The molecule has 0 saturated carbocycles. The lowest BCUT2D eigenvalue weighted by molar-refractivity contribution is -0.121. The van der Waals surface area contributed by atoms with Crippen molar-refractivity contribution in [1.29, 1.82) is 0 Å². The topological polar surface area (TPSA) is 129 Å². The molecule has 0 atom stereocenters. The Morgan fingerprint density at radius 1 is 0.708 bits per heavy atom. The van der Waals surface area contributed by atoms with E-state index < -0.39 is 32.5 Å². The predicted octanol–water partition coefficient (Wildman–Crippen LogP) is 6.43. The highest BCUT2D eigenvalue weighted by Crippen LogP contribution is 2.24. The quantitative estimate of drug-likeness (QED) is 0.103. The Morgan fingerprint density at radius 3 is 1.81 bits per heavy atom. The molecular weight excluding hydrogens is 740 g/mol. The van der Waals surface area contributed by atoms with Crippen molar-refractivity contribution in [3.63, 3.8) is 0 Å². The van der Waals surface area contributed by atoms with Crippen molar-refractivity contribution in [3.8, 4) is 0 Å². The molecule has 0 saturated heterocycles. The largest absolute Gasteiger partial charge is 0.459 e. The fourth-order valence-corrected chi connectivity index (χ4v) is 7.79. The lowest BCUT2D eigenvalue weighted by Gasteiger charge is -2.21. The lowest BCUT2D eigenvalue weighted by Crippen LogP contribution is -2.39. The Bertz CT molecular complexity index is 2080. The average Bonchev–Trinajstić information content (AvgIpc) is 3.52. The van der Waals surface area contributed by atoms with Gasteiger partial charge in [-0.2, -0.15) is 13.7 Å². The summed E-state index contributed by atoms with van der Waals surface area (Å²) in [7, 11) is -7.97. The molecule has 10 nitrogen and oxygen atoms in total. The van der Waals surface area contributed by atoms with Gasteiger partial charge in [0.15, 0.2) is 0 Å². The first-order chi connectivity index (χ1) is 23.0. The smallest absolute Gasteiger partial charge is 0.255 e. The van der Waals surface area contributed by atoms with Crippen molar-refractivity contribution < 1.29 is 26.0 Å². The number of hydrogen-bond acceptors (Lipinski definition) is 7. The van der Waals surface area contributed by atoms with E-state index in [1.54, 1.807) is 48.5 Å². The van der Waals surface area contributed by atoms with Gasteiger partial charge in [0, 0.05) is 22.6 Å². The van der Waals surface area contributed by atoms with E-state index in [-0.39, 0.29) is 35.2 Å². The zero-order valence-corrected chi connectivity index (χ0v) is 29.3. The van der Waals surface area contributed by atoms with Gasteiger partial charge in [0.2, 0.25) is 20.0 Å². The van der Waals surface area contributed by atoms with Gasteiger partial charge >= 0.3 is 0 Å². The van der Waals surface area contributed by atoms with Crippen LogP contribution in [0.4, 0.5) is 0 Å². The minimum absolute atomic E-state index is 0.0314. The monoisotopic (exact) mass is 768 g/mol. The van der Waals surface area contributed by atoms with Crippen LogP contribution in [0.5, 0.6) is 0 Å². The number of hydrazone groups is 1. The van der Waals surface area contributed by atoms with Gasteiger partial charge in [-0.05, 0) is 71.8 Å². The minimum atomic E-state index is -4.03. The maximum atomic E-state index is 13.6. The molecule has 5 aromatic rings. The molecule has 0 bridgehead atoms.